The Balaban J connectivity index is 6.62. The van der Waals surface area contributed by atoms with E-state index in [0.717, 1.165) is 13.8 Å². The molecule has 0 spiro atoms. The summed E-state index contributed by atoms with van der Waals surface area (Å²) in [5.41, 5.74) is -2.20. The van der Waals surface area contributed by atoms with E-state index < -0.39 is 61.2 Å². The van der Waals surface area contributed by atoms with Gasteiger partial charge in [-0.15, -0.1) is 0 Å². The molecule has 3 nitrogen and oxygen atoms in total. The zero-order valence-electron chi connectivity index (χ0n) is 14.6. The molecule has 0 atom stereocenters. The second-order valence-corrected chi connectivity index (χ2v) is 5.25. The Morgan fingerprint density at radius 2 is 1.21 bits per heavy atom. The molecule has 0 saturated carbocycles. The number of alkyl halides is 11. The highest BCUT2D eigenvalue weighted by Gasteiger charge is 2.87. The Morgan fingerprint density at radius 3 is 1.54 bits per heavy atom. The number of ether oxygens (including phenoxy) is 1. The van der Waals surface area contributed by atoms with E-state index in [0.29, 0.717) is 0 Å². The fourth-order valence-electron chi connectivity index (χ4n) is 1.97. The highest BCUT2D eigenvalue weighted by atomic mass is 19.4. The Morgan fingerprint density at radius 1 is 0.786 bits per heavy atom. The third-order valence-corrected chi connectivity index (χ3v) is 3.51. The summed E-state index contributed by atoms with van der Waals surface area (Å²) >= 11 is 0. The van der Waals surface area contributed by atoms with Gasteiger partial charge in [0.2, 0.25) is 0 Å². The zero-order valence-corrected chi connectivity index (χ0v) is 14.6. The molecule has 0 rings (SSSR count). The van der Waals surface area contributed by atoms with Crippen LogP contribution in [0.15, 0.2) is 11.8 Å². The molecule has 0 bridgehead atoms. The number of carbonyl (C=O) groups excluding carboxylic acids is 1. The Labute approximate surface area is 152 Å². The number of halogens is 11. The second kappa shape index (κ2) is 8.31. The lowest BCUT2D eigenvalue weighted by Gasteiger charge is -2.40. The van der Waals surface area contributed by atoms with E-state index in [1.807, 2.05) is 0 Å². The van der Waals surface area contributed by atoms with Crippen molar-refractivity contribution in [1.29, 1.82) is 0 Å². The third-order valence-electron chi connectivity index (χ3n) is 3.51. The first-order valence-corrected chi connectivity index (χ1v) is 7.58. The first-order chi connectivity index (χ1) is 12.4. The fourth-order valence-corrected chi connectivity index (χ4v) is 1.97. The largest absolute Gasteiger partial charge is 0.463 e. The summed E-state index contributed by atoms with van der Waals surface area (Å²) in [4.78, 5) is 11.6. The fraction of sp³-hybridized carbons (Fsp3) is 0.786. The third kappa shape index (κ3) is 4.29. The summed E-state index contributed by atoms with van der Waals surface area (Å²) in [6, 6.07) is 0. The molecule has 0 fully saturated rings. The number of hydrogen-bond acceptors (Lipinski definition) is 3. The van der Waals surface area contributed by atoms with Gasteiger partial charge in [0.15, 0.2) is 0 Å². The molecular weight excluding hydrogens is 423 g/mol. The summed E-state index contributed by atoms with van der Waals surface area (Å²) in [5.74, 6) is -30.3. The van der Waals surface area contributed by atoms with Crippen molar-refractivity contribution in [3.63, 3.8) is 0 Å². The van der Waals surface area contributed by atoms with Gasteiger partial charge in [0.1, 0.15) is 0 Å². The van der Waals surface area contributed by atoms with Gasteiger partial charge >= 0.3 is 35.8 Å². The summed E-state index contributed by atoms with van der Waals surface area (Å²) in [7, 11) is 0. The van der Waals surface area contributed by atoms with Crippen molar-refractivity contribution >= 4 is 5.97 Å². The van der Waals surface area contributed by atoms with E-state index in [4.69, 9.17) is 0 Å². The van der Waals surface area contributed by atoms with Crippen LogP contribution in [0.1, 0.15) is 20.8 Å². The molecule has 166 valence electrons. The smallest absolute Gasteiger partial charge is 0.460 e. The van der Waals surface area contributed by atoms with Crippen LogP contribution in [0.2, 0.25) is 0 Å². The first kappa shape index (κ1) is 26.2. The summed E-state index contributed by atoms with van der Waals surface area (Å²) in [5, 5.41) is 0. The van der Waals surface area contributed by atoms with Crippen molar-refractivity contribution in [3.8, 4) is 0 Å². The lowest BCUT2D eigenvalue weighted by Crippen LogP contribution is -2.67. The van der Waals surface area contributed by atoms with Crippen LogP contribution in [0.4, 0.5) is 48.3 Å². The summed E-state index contributed by atoms with van der Waals surface area (Å²) in [6.45, 7) is 1.63. The molecular formula is C14H16F11NO2. The molecule has 0 amide bonds. The lowest BCUT2D eigenvalue weighted by atomic mass is 9.95. The molecule has 0 aliphatic rings. The zero-order chi connectivity index (χ0) is 22.8. The standard InChI is InChI=1S/C14H16F11NO2/c1-4-26(5-2)8(7-9(27)28-6-3)10(15,16)11(17,18)12(19,20)13(21,22)14(23,24)25/h7H,4-6H2,1-3H3/b8-7-. The molecule has 0 saturated heterocycles. The monoisotopic (exact) mass is 439 g/mol. The van der Waals surface area contributed by atoms with Crippen molar-refractivity contribution in [2.24, 2.45) is 0 Å². The Bertz CT molecular complexity index is 580. The average Bonchev–Trinajstić information content (AvgIpc) is 2.53. The van der Waals surface area contributed by atoms with E-state index in [9.17, 15) is 53.1 Å². The van der Waals surface area contributed by atoms with Gasteiger partial charge in [-0.1, -0.05) is 0 Å². The molecule has 0 aromatic heterocycles. The van der Waals surface area contributed by atoms with Crippen LogP contribution in [0.3, 0.4) is 0 Å². The van der Waals surface area contributed by atoms with Gasteiger partial charge in [-0.25, -0.2) is 4.79 Å². The van der Waals surface area contributed by atoms with Gasteiger partial charge in [0.05, 0.1) is 12.3 Å². The molecule has 0 radical (unpaired) electrons. The highest BCUT2D eigenvalue weighted by molar-refractivity contribution is 5.83. The Kier molecular flexibility index (Phi) is 7.79. The normalized spacial score (nSPS) is 14.9. The van der Waals surface area contributed by atoms with E-state index in [-0.39, 0.29) is 11.0 Å². The second-order valence-electron chi connectivity index (χ2n) is 5.25. The van der Waals surface area contributed by atoms with Gasteiger partial charge in [-0.2, -0.15) is 48.3 Å². The van der Waals surface area contributed by atoms with Gasteiger partial charge in [0, 0.05) is 19.2 Å². The Hall–Kier alpha value is -1.76. The molecule has 28 heavy (non-hydrogen) atoms. The van der Waals surface area contributed by atoms with Crippen molar-refractivity contribution in [1.82, 2.24) is 4.90 Å². The van der Waals surface area contributed by atoms with Crippen molar-refractivity contribution in [2.45, 2.75) is 50.6 Å². The number of rotatable bonds is 9. The van der Waals surface area contributed by atoms with Crippen molar-refractivity contribution in [3.05, 3.63) is 11.8 Å². The van der Waals surface area contributed by atoms with E-state index in [1.54, 1.807) is 0 Å². The maximum Gasteiger partial charge on any atom is 0.460 e. The minimum absolute atomic E-state index is 0.215. The quantitative estimate of drug-likeness (QED) is 0.292. The molecule has 0 heterocycles. The minimum atomic E-state index is -7.55. The van der Waals surface area contributed by atoms with Crippen molar-refractivity contribution < 1.29 is 57.8 Å². The van der Waals surface area contributed by atoms with E-state index in [2.05, 4.69) is 4.74 Å². The highest BCUT2D eigenvalue weighted by Crippen LogP contribution is 2.58. The van der Waals surface area contributed by atoms with Crippen LogP contribution in [-0.2, 0) is 9.53 Å². The number of nitrogens with zero attached hydrogens (tertiary/aromatic N) is 1. The van der Waals surface area contributed by atoms with Gasteiger partial charge < -0.3 is 9.64 Å². The molecule has 0 N–H and O–H groups in total. The predicted octanol–water partition coefficient (Wildman–Crippen LogP) is 4.88. The maximum atomic E-state index is 14.3. The van der Waals surface area contributed by atoms with Gasteiger partial charge in [0.25, 0.3) is 0 Å². The maximum absolute atomic E-state index is 14.3. The van der Waals surface area contributed by atoms with Crippen LogP contribution in [0, 0.1) is 0 Å². The van der Waals surface area contributed by atoms with Crippen LogP contribution in [0.25, 0.3) is 0 Å². The first-order valence-electron chi connectivity index (χ1n) is 7.58. The van der Waals surface area contributed by atoms with Crippen LogP contribution >= 0.6 is 0 Å². The molecule has 0 aromatic rings. The molecule has 0 aliphatic carbocycles. The van der Waals surface area contributed by atoms with Crippen molar-refractivity contribution in [2.75, 3.05) is 19.7 Å². The van der Waals surface area contributed by atoms with E-state index >= 15 is 0 Å². The van der Waals surface area contributed by atoms with Gasteiger partial charge in [-0.3, -0.25) is 0 Å². The number of esters is 1. The minimum Gasteiger partial charge on any atom is -0.463 e. The molecule has 0 aromatic carbocycles. The number of allylic oxidation sites excluding steroid dienone is 1. The van der Waals surface area contributed by atoms with Gasteiger partial charge in [-0.05, 0) is 20.8 Å². The topological polar surface area (TPSA) is 29.5 Å². The van der Waals surface area contributed by atoms with Crippen LogP contribution in [-0.4, -0.2) is 60.4 Å². The van der Waals surface area contributed by atoms with Crippen LogP contribution in [0.5, 0.6) is 0 Å². The summed E-state index contributed by atoms with van der Waals surface area (Å²) < 4.78 is 149. The number of carbonyl (C=O) groups is 1. The predicted molar refractivity (Wildman–Crippen MR) is 73.5 cm³/mol. The lowest BCUT2D eigenvalue weighted by molar-refractivity contribution is -0.419. The molecule has 14 heteroatoms. The molecule has 0 unspecified atom stereocenters. The summed E-state index contributed by atoms with van der Waals surface area (Å²) in [6.07, 6.45) is -7.61. The van der Waals surface area contributed by atoms with E-state index in [1.165, 1.54) is 6.92 Å². The number of hydrogen-bond donors (Lipinski definition) is 0. The molecule has 0 aliphatic heterocycles. The SMILES string of the molecule is CCOC(=O)/C=C(\N(CC)CC)C(F)(F)C(F)(F)C(F)(F)C(F)(F)C(F)(F)F. The van der Waals surface area contributed by atoms with Crippen LogP contribution < -0.4 is 0 Å². The average molecular weight is 439 g/mol.